The highest BCUT2D eigenvalue weighted by atomic mass is 19.4. The largest absolute Gasteiger partial charge is 0.493 e. The number of hydrogen-bond acceptors (Lipinski definition) is 5. The molecule has 0 aliphatic carbocycles. The summed E-state index contributed by atoms with van der Waals surface area (Å²) < 4.78 is 50.2. The van der Waals surface area contributed by atoms with Gasteiger partial charge in [-0.25, -0.2) is 0 Å². The summed E-state index contributed by atoms with van der Waals surface area (Å²) in [5.74, 6) is 0.237. The summed E-state index contributed by atoms with van der Waals surface area (Å²) in [6, 6.07) is 8.94. The van der Waals surface area contributed by atoms with Crippen molar-refractivity contribution in [1.29, 1.82) is 0 Å². The molecule has 7 nitrogen and oxygen atoms in total. The third-order valence-corrected chi connectivity index (χ3v) is 4.47. The van der Waals surface area contributed by atoms with Crippen molar-refractivity contribution in [2.75, 3.05) is 18.5 Å². The van der Waals surface area contributed by atoms with Crippen LogP contribution in [0.3, 0.4) is 0 Å². The maximum atomic E-state index is 13.0. The number of nitrogens with one attached hydrogen (secondary N) is 1. The van der Waals surface area contributed by atoms with E-state index >= 15 is 0 Å². The summed E-state index contributed by atoms with van der Waals surface area (Å²) in [4.78, 5) is 21.7. The Morgan fingerprint density at radius 3 is 2.38 bits per heavy atom. The summed E-state index contributed by atoms with van der Waals surface area (Å²) in [7, 11) is 0. The van der Waals surface area contributed by atoms with Crippen molar-refractivity contribution in [3.63, 3.8) is 0 Å². The van der Waals surface area contributed by atoms with E-state index in [-0.39, 0.29) is 5.69 Å². The minimum Gasteiger partial charge on any atom is -0.493 e. The Hall–Kier alpha value is -3.30. The molecular formula is C22H25F3N2O5. The van der Waals surface area contributed by atoms with E-state index in [1.807, 2.05) is 0 Å². The molecule has 0 aliphatic rings. The number of halogens is 3. The van der Waals surface area contributed by atoms with Crippen molar-refractivity contribution in [1.82, 2.24) is 0 Å². The van der Waals surface area contributed by atoms with Crippen molar-refractivity contribution < 1.29 is 32.4 Å². The Morgan fingerprint density at radius 2 is 1.72 bits per heavy atom. The van der Waals surface area contributed by atoms with E-state index in [9.17, 15) is 28.1 Å². The number of unbranched alkanes of at least 4 members (excludes halogenated alkanes) is 4. The summed E-state index contributed by atoms with van der Waals surface area (Å²) in [5, 5.41) is 13.0. The van der Waals surface area contributed by atoms with Gasteiger partial charge in [-0.1, -0.05) is 38.7 Å². The number of rotatable bonds is 12. The van der Waals surface area contributed by atoms with Crippen LogP contribution >= 0.6 is 0 Å². The first kappa shape index (κ1) is 25.0. The first-order chi connectivity index (χ1) is 15.2. The molecular weight excluding hydrogens is 429 g/mol. The fraction of sp³-hybridized carbons (Fsp3) is 0.409. The van der Waals surface area contributed by atoms with Crippen LogP contribution in [0.25, 0.3) is 0 Å². The molecule has 2 rings (SSSR count). The lowest BCUT2D eigenvalue weighted by molar-refractivity contribution is -0.388. The van der Waals surface area contributed by atoms with Gasteiger partial charge >= 0.3 is 6.18 Å². The monoisotopic (exact) mass is 454 g/mol. The molecule has 10 heteroatoms. The van der Waals surface area contributed by atoms with Crippen molar-refractivity contribution in [2.45, 2.75) is 45.2 Å². The molecule has 0 aliphatic heterocycles. The van der Waals surface area contributed by atoms with Crippen LogP contribution in [0.15, 0.2) is 42.5 Å². The van der Waals surface area contributed by atoms with Crippen LogP contribution in [-0.4, -0.2) is 24.0 Å². The minimum atomic E-state index is -4.93. The number of ether oxygens (including phenoxy) is 2. The first-order valence-electron chi connectivity index (χ1n) is 10.2. The number of carbonyl (C=O) groups excluding carboxylic acids is 1. The number of benzene rings is 2. The zero-order valence-corrected chi connectivity index (χ0v) is 17.6. The van der Waals surface area contributed by atoms with Crippen molar-refractivity contribution in [2.24, 2.45) is 0 Å². The Bertz CT molecular complexity index is 919. The van der Waals surface area contributed by atoms with Gasteiger partial charge in [-0.05, 0) is 30.7 Å². The molecule has 0 unspecified atom stereocenters. The number of amides is 1. The van der Waals surface area contributed by atoms with E-state index in [1.165, 1.54) is 12.8 Å². The van der Waals surface area contributed by atoms with Gasteiger partial charge in [-0.3, -0.25) is 14.9 Å². The third kappa shape index (κ3) is 8.09. The summed E-state index contributed by atoms with van der Waals surface area (Å²) in [5.41, 5.74) is -2.76. The molecule has 1 N–H and O–H groups in total. The maximum absolute atomic E-state index is 13.0. The number of hydrogen-bond donors (Lipinski definition) is 1. The standard InChI is InChI=1S/C22H25F3N2O5/c1-2-3-4-5-6-12-31-17-8-7-9-18(14-17)32-15-21(28)26-16-10-11-20(27(29)30)19(13-16)22(23,24)25/h7-11,13-14H,2-6,12,15H2,1H3,(H,26,28). The average Bonchev–Trinajstić information content (AvgIpc) is 2.74. The summed E-state index contributed by atoms with van der Waals surface area (Å²) >= 11 is 0. The number of nitro groups is 1. The molecule has 0 spiro atoms. The summed E-state index contributed by atoms with van der Waals surface area (Å²) in [6.45, 7) is 2.25. The van der Waals surface area contributed by atoms with Gasteiger partial charge < -0.3 is 14.8 Å². The molecule has 174 valence electrons. The molecule has 0 bridgehead atoms. The second kappa shape index (κ2) is 11.9. The molecule has 0 fully saturated rings. The number of alkyl halides is 3. The van der Waals surface area contributed by atoms with Crippen molar-refractivity contribution in [3.8, 4) is 11.5 Å². The van der Waals surface area contributed by atoms with Gasteiger partial charge in [-0.15, -0.1) is 0 Å². The Kier molecular flexibility index (Phi) is 9.30. The van der Waals surface area contributed by atoms with Crippen LogP contribution < -0.4 is 14.8 Å². The molecule has 32 heavy (non-hydrogen) atoms. The zero-order valence-electron chi connectivity index (χ0n) is 17.6. The molecule has 1 amide bonds. The smallest absolute Gasteiger partial charge is 0.423 e. The fourth-order valence-corrected chi connectivity index (χ4v) is 2.90. The van der Waals surface area contributed by atoms with E-state index in [0.29, 0.717) is 30.2 Å². The van der Waals surface area contributed by atoms with Gasteiger partial charge in [0.15, 0.2) is 6.61 Å². The Balaban J connectivity index is 1.89. The first-order valence-corrected chi connectivity index (χ1v) is 10.2. The van der Waals surface area contributed by atoms with Gasteiger partial charge in [0.05, 0.1) is 11.5 Å². The predicted octanol–water partition coefficient (Wildman–Crippen LogP) is 5.98. The maximum Gasteiger partial charge on any atom is 0.423 e. The van der Waals surface area contributed by atoms with Crippen LogP contribution in [0.5, 0.6) is 11.5 Å². The zero-order chi connectivity index (χ0) is 23.6. The number of anilines is 1. The Labute approximate surface area is 183 Å². The molecule has 2 aromatic carbocycles. The van der Waals surface area contributed by atoms with Crippen LogP contribution in [0, 0.1) is 10.1 Å². The lowest BCUT2D eigenvalue weighted by atomic mass is 10.1. The number of nitro benzene ring substituents is 1. The van der Waals surface area contributed by atoms with Crippen LogP contribution in [0.1, 0.15) is 44.6 Å². The fourth-order valence-electron chi connectivity index (χ4n) is 2.90. The van der Waals surface area contributed by atoms with Crippen molar-refractivity contribution >= 4 is 17.3 Å². The van der Waals surface area contributed by atoms with Crippen molar-refractivity contribution in [3.05, 3.63) is 58.1 Å². The normalized spacial score (nSPS) is 11.1. The molecule has 0 saturated carbocycles. The highest BCUT2D eigenvalue weighted by molar-refractivity contribution is 5.92. The van der Waals surface area contributed by atoms with Gasteiger partial charge in [0.1, 0.15) is 17.1 Å². The number of nitrogens with zero attached hydrogens (tertiary/aromatic N) is 1. The average molecular weight is 454 g/mol. The van der Waals surface area contributed by atoms with Crippen LogP contribution in [-0.2, 0) is 11.0 Å². The topological polar surface area (TPSA) is 90.7 Å². The van der Waals surface area contributed by atoms with Gasteiger partial charge in [0, 0.05) is 17.8 Å². The van der Waals surface area contributed by atoms with E-state index in [4.69, 9.17) is 9.47 Å². The SMILES string of the molecule is CCCCCCCOc1cccc(OCC(=O)Nc2ccc([N+](=O)[O-])c(C(F)(F)F)c2)c1. The lowest BCUT2D eigenvalue weighted by Gasteiger charge is -2.12. The van der Waals surface area contributed by atoms with E-state index < -0.39 is 34.9 Å². The minimum absolute atomic E-state index is 0.225. The van der Waals surface area contributed by atoms with Gasteiger partial charge in [0.2, 0.25) is 0 Å². The molecule has 2 aromatic rings. The third-order valence-electron chi connectivity index (χ3n) is 4.47. The molecule has 0 heterocycles. The van der Waals surface area contributed by atoms with E-state index in [1.54, 1.807) is 24.3 Å². The predicted molar refractivity (Wildman–Crippen MR) is 113 cm³/mol. The highest BCUT2D eigenvalue weighted by Crippen LogP contribution is 2.37. The van der Waals surface area contributed by atoms with Crippen LogP contribution in [0.2, 0.25) is 0 Å². The lowest BCUT2D eigenvalue weighted by Crippen LogP contribution is -2.20. The van der Waals surface area contributed by atoms with Crippen LogP contribution in [0.4, 0.5) is 24.5 Å². The van der Waals surface area contributed by atoms with E-state index in [2.05, 4.69) is 12.2 Å². The second-order valence-electron chi connectivity index (χ2n) is 7.06. The Morgan fingerprint density at radius 1 is 1.03 bits per heavy atom. The number of carbonyl (C=O) groups is 1. The molecule has 0 atom stereocenters. The van der Waals surface area contributed by atoms with E-state index in [0.717, 1.165) is 25.3 Å². The van der Waals surface area contributed by atoms with Gasteiger partial charge in [-0.2, -0.15) is 13.2 Å². The molecule has 0 aromatic heterocycles. The highest BCUT2D eigenvalue weighted by Gasteiger charge is 2.38. The van der Waals surface area contributed by atoms with Gasteiger partial charge in [0.25, 0.3) is 11.6 Å². The second-order valence-corrected chi connectivity index (χ2v) is 7.06. The molecule has 0 saturated heterocycles. The molecule has 0 radical (unpaired) electrons. The quantitative estimate of drug-likeness (QED) is 0.242. The summed E-state index contributed by atoms with van der Waals surface area (Å²) in [6.07, 6.45) is 0.614.